The number of pyridine rings is 1. The van der Waals surface area contributed by atoms with Crippen LogP contribution in [0.15, 0.2) is 143 Å². The molecular weight excluding hydrogens is 492 g/mol. The zero-order valence-corrected chi connectivity index (χ0v) is 21.6. The molecule has 3 heterocycles. The summed E-state index contributed by atoms with van der Waals surface area (Å²) in [5.74, 6) is 1.60. The minimum atomic E-state index is 0.113. The highest BCUT2D eigenvalue weighted by Crippen LogP contribution is 2.33. The Bertz CT molecular complexity index is 1970. The molecule has 0 spiro atoms. The van der Waals surface area contributed by atoms with Crippen molar-refractivity contribution in [2.45, 2.75) is 12.1 Å². The summed E-state index contributed by atoms with van der Waals surface area (Å²) >= 11 is 0. The number of hydrogen-bond acceptors (Lipinski definition) is 5. The molecule has 0 fully saturated rings. The number of nitrogens with zero attached hydrogens (tertiary/aromatic N) is 4. The van der Waals surface area contributed by atoms with E-state index in [9.17, 15) is 0 Å². The van der Waals surface area contributed by atoms with Gasteiger partial charge in [0.1, 0.15) is 11.4 Å². The number of fused-ring (bicyclic) bond motifs is 3. The predicted molar refractivity (Wildman–Crippen MR) is 161 cm³/mol. The fourth-order valence-electron chi connectivity index (χ4n) is 5.63. The summed E-state index contributed by atoms with van der Waals surface area (Å²) in [6, 6.07) is 35.7. The predicted octanol–water partition coefficient (Wildman–Crippen LogP) is 7.84. The lowest BCUT2D eigenvalue weighted by Crippen LogP contribution is -2.39. The Labute approximate surface area is 231 Å². The van der Waals surface area contributed by atoms with Gasteiger partial charge in [0.25, 0.3) is 0 Å². The molecule has 4 aromatic carbocycles. The summed E-state index contributed by atoms with van der Waals surface area (Å²) in [7, 11) is 0. The molecule has 2 unspecified atom stereocenters. The van der Waals surface area contributed by atoms with Gasteiger partial charge in [-0.25, -0.2) is 4.98 Å². The van der Waals surface area contributed by atoms with Crippen LogP contribution in [-0.2, 0) is 0 Å². The molecule has 2 aromatic heterocycles. The third kappa shape index (κ3) is 3.83. The maximum Gasteiger partial charge on any atom is 0.227 e. The maximum atomic E-state index is 6.12. The van der Waals surface area contributed by atoms with Gasteiger partial charge >= 0.3 is 0 Å². The van der Waals surface area contributed by atoms with Crippen LogP contribution in [0.3, 0.4) is 0 Å². The van der Waals surface area contributed by atoms with Crippen LogP contribution in [0.5, 0.6) is 0 Å². The maximum absolute atomic E-state index is 6.12. The average molecular weight is 517 g/mol. The summed E-state index contributed by atoms with van der Waals surface area (Å²) in [6.07, 6.45) is 10.4. The number of aliphatic imine (C=N–C) groups is 1. The number of anilines is 1. The number of oxazole rings is 1. The van der Waals surface area contributed by atoms with Crippen LogP contribution in [0.1, 0.15) is 5.56 Å². The summed E-state index contributed by atoms with van der Waals surface area (Å²) in [5.41, 5.74) is 7.95. The number of rotatable bonds is 4. The smallest absolute Gasteiger partial charge is 0.227 e. The largest absolute Gasteiger partial charge is 0.436 e. The fraction of sp³-hybridized carbons (Fsp3) is 0.0571. The summed E-state index contributed by atoms with van der Waals surface area (Å²) < 4.78 is 6.12. The van der Waals surface area contributed by atoms with E-state index in [4.69, 9.17) is 14.4 Å². The van der Waals surface area contributed by atoms with Gasteiger partial charge in [-0.05, 0) is 59.7 Å². The molecule has 0 amide bonds. The van der Waals surface area contributed by atoms with Gasteiger partial charge in [-0.3, -0.25) is 9.98 Å². The van der Waals surface area contributed by atoms with E-state index in [1.165, 1.54) is 0 Å². The first-order chi connectivity index (χ1) is 19.8. The number of amidine groups is 1. The van der Waals surface area contributed by atoms with E-state index in [-0.39, 0.29) is 12.1 Å². The molecule has 0 saturated carbocycles. The van der Waals surface area contributed by atoms with Crippen LogP contribution in [0.25, 0.3) is 44.6 Å². The molecule has 0 N–H and O–H groups in total. The molecule has 1 aliphatic heterocycles. The minimum Gasteiger partial charge on any atom is -0.436 e. The second-order valence-corrected chi connectivity index (χ2v) is 10.1. The van der Waals surface area contributed by atoms with Gasteiger partial charge in [0.15, 0.2) is 5.58 Å². The Morgan fingerprint density at radius 3 is 2.35 bits per heavy atom. The molecule has 5 nitrogen and oxygen atoms in total. The van der Waals surface area contributed by atoms with Gasteiger partial charge in [-0.15, -0.1) is 0 Å². The summed E-state index contributed by atoms with van der Waals surface area (Å²) in [4.78, 5) is 16.7. The Morgan fingerprint density at radius 1 is 0.650 bits per heavy atom. The van der Waals surface area contributed by atoms with E-state index in [2.05, 4.69) is 101 Å². The Morgan fingerprint density at radius 2 is 1.45 bits per heavy atom. The van der Waals surface area contributed by atoms with Crippen LogP contribution >= 0.6 is 0 Å². The quantitative estimate of drug-likeness (QED) is 0.240. The van der Waals surface area contributed by atoms with Crippen molar-refractivity contribution >= 4 is 33.5 Å². The second-order valence-electron chi connectivity index (χ2n) is 10.1. The van der Waals surface area contributed by atoms with Crippen molar-refractivity contribution < 1.29 is 4.42 Å². The zero-order valence-electron chi connectivity index (χ0n) is 21.6. The molecule has 6 aromatic rings. The van der Waals surface area contributed by atoms with Crippen molar-refractivity contribution in [2.75, 3.05) is 4.90 Å². The molecular formula is C35H24N4O. The van der Waals surface area contributed by atoms with Gasteiger partial charge in [0.2, 0.25) is 5.89 Å². The molecule has 0 saturated heterocycles. The third-order valence-electron chi connectivity index (χ3n) is 7.62. The lowest BCUT2D eigenvalue weighted by molar-refractivity contribution is 0.620. The van der Waals surface area contributed by atoms with Gasteiger partial charge in [-0.2, -0.15) is 0 Å². The molecule has 2 aliphatic rings. The SMILES string of the molecule is C1=CC2N=C(c3ccc(-c4ccc5oc(-c6ccc7ncccc7c6)nc5c4)cc3)N(c3ccccc3)C2C=C1. The topological polar surface area (TPSA) is 54.5 Å². The average Bonchev–Trinajstić information content (AvgIpc) is 3.63. The fourth-order valence-corrected chi connectivity index (χ4v) is 5.63. The van der Waals surface area contributed by atoms with Gasteiger partial charge < -0.3 is 9.32 Å². The van der Waals surface area contributed by atoms with Crippen molar-refractivity contribution in [3.05, 3.63) is 139 Å². The highest BCUT2D eigenvalue weighted by atomic mass is 16.3. The number of aromatic nitrogens is 2. The second kappa shape index (κ2) is 9.17. The van der Waals surface area contributed by atoms with Crippen molar-refractivity contribution in [3.63, 3.8) is 0 Å². The van der Waals surface area contributed by atoms with Gasteiger partial charge in [0.05, 0.1) is 17.6 Å². The number of benzene rings is 4. The minimum absolute atomic E-state index is 0.113. The van der Waals surface area contributed by atoms with Crippen LogP contribution in [-0.4, -0.2) is 27.9 Å². The number of para-hydroxylation sites is 1. The van der Waals surface area contributed by atoms with Gasteiger partial charge in [-0.1, -0.05) is 78.9 Å². The Kier molecular flexibility index (Phi) is 5.20. The third-order valence-corrected chi connectivity index (χ3v) is 7.62. The summed E-state index contributed by atoms with van der Waals surface area (Å²) in [5, 5.41) is 1.06. The molecule has 5 heteroatoms. The molecule has 1 aliphatic carbocycles. The van der Waals surface area contributed by atoms with Crippen molar-refractivity contribution in [1.29, 1.82) is 0 Å². The lowest BCUT2D eigenvalue weighted by Gasteiger charge is -2.29. The van der Waals surface area contributed by atoms with E-state index in [1.54, 1.807) is 6.20 Å². The first kappa shape index (κ1) is 22.7. The van der Waals surface area contributed by atoms with Crippen molar-refractivity contribution in [2.24, 2.45) is 4.99 Å². The van der Waals surface area contributed by atoms with Crippen LogP contribution in [0.2, 0.25) is 0 Å². The van der Waals surface area contributed by atoms with E-state index in [0.29, 0.717) is 5.89 Å². The number of allylic oxidation sites excluding steroid dienone is 2. The zero-order chi connectivity index (χ0) is 26.5. The van der Waals surface area contributed by atoms with Gasteiger partial charge in [0, 0.05) is 28.4 Å². The van der Waals surface area contributed by atoms with E-state index < -0.39 is 0 Å². The first-order valence-corrected chi connectivity index (χ1v) is 13.4. The van der Waals surface area contributed by atoms with E-state index >= 15 is 0 Å². The van der Waals surface area contributed by atoms with Crippen molar-refractivity contribution in [3.8, 4) is 22.6 Å². The van der Waals surface area contributed by atoms with E-state index in [0.717, 1.165) is 55.8 Å². The molecule has 0 bridgehead atoms. The van der Waals surface area contributed by atoms with Crippen LogP contribution in [0.4, 0.5) is 5.69 Å². The monoisotopic (exact) mass is 516 g/mol. The lowest BCUT2D eigenvalue weighted by atomic mass is 10.0. The molecule has 2 atom stereocenters. The molecule has 0 radical (unpaired) electrons. The Hall–Kier alpha value is -5.29. The van der Waals surface area contributed by atoms with Crippen LogP contribution < -0.4 is 4.90 Å². The standard InChI is InChI=1S/C35H24N4O/c1-2-8-28(9-3-1)39-32-11-5-4-10-30(32)37-34(39)24-14-12-23(13-15-24)25-17-19-33-31(22-25)38-35(40-33)27-16-18-29-26(21-27)7-6-20-36-29/h1-22,30,32H. The first-order valence-electron chi connectivity index (χ1n) is 13.4. The molecule has 190 valence electrons. The van der Waals surface area contributed by atoms with Crippen molar-refractivity contribution in [1.82, 2.24) is 9.97 Å². The highest BCUT2D eigenvalue weighted by Gasteiger charge is 2.35. The molecule has 8 rings (SSSR count). The van der Waals surface area contributed by atoms with Crippen LogP contribution in [0, 0.1) is 0 Å². The Balaban J connectivity index is 1.11. The highest BCUT2D eigenvalue weighted by molar-refractivity contribution is 6.12. The normalized spacial score (nSPS) is 17.9. The van der Waals surface area contributed by atoms with E-state index in [1.807, 2.05) is 36.4 Å². The summed E-state index contributed by atoms with van der Waals surface area (Å²) in [6.45, 7) is 0. The molecule has 40 heavy (non-hydrogen) atoms. The number of hydrogen-bond donors (Lipinski definition) is 0.